The van der Waals surface area contributed by atoms with Crippen LogP contribution in [0.1, 0.15) is 29.7 Å². The normalized spacial score (nSPS) is 11.8. The van der Waals surface area contributed by atoms with E-state index in [0.717, 1.165) is 16.8 Å². The Hall–Kier alpha value is -2.29. The van der Waals surface area contributed by atoms with E-state index in [1.807, 2.05) is 69.3 Å². The number of nitrogens with one attached hydrogen (secondary N) is 2. The minimum atomic E-state index is -0.185. The third-order valence-electron chi connectivity index (χ3n) is 3.50. The fourth-order valence-corrected chi connectivity index (χ4v) is 2.07. The summed E-state index contributed by atoms with van der Waals surface area (Å²) in [7, 11) is 0. The number of amides is 2. The fraction of sp³-hybridized carbons (Fsp3) is 0.235. The molecule has 3 nitrogen and oxygen atoms in total. The molecule has 0 bridgehead atoms. The van der Waals surface area contributed by atoms with Gasteiger partial charge in [-0.25, -0.2) is 4.79 Å². The van der Waals surface area contributed by atoms with Gasteiger partial charge in [0, 0.05) is 5.69 Å². The zero-order valence-corrected chi connectivity index (χ0v) is 12.1. The van der Waals surface area contributed by atoms with Gasteiger partial charge in [0.1, 0.15) is 0 Å². The highest BCUT2D eigenvalue weighted by Gasteiger charge is 2.10. The van der Waals surface area contributed by atoms with Gasteiger partial charge in [-0.3, -0.25) is 0 Å². The number of hydrogen-bond donors (Lipinski definition) is 2. The van der Waals surface area contributed by atoms with E-state index in [1.165, 1.54) is 5.56 Å². The van der Waals surface area contributed by atoms with E-state index < -0.39 is 0 Å². The standard InChI is InChI=1S/C17H20N2O/c1-12-8-7-11-16(13(12)2)19-17(20)18-14(3)15-9-5-4-6-10-15/h4-11,14H,1-3H3,(H2,18,19,20). The highest BCUT2D eigenvalue weighted by atomic mass is 16.2. The first-order valence-electron chi connectivity index (χ1n) is 6.76. The maximum atomic E-state index is 12.0. The number of carbonyl (C=O) groups is 1. The molecule has 0 fully saturated rings. The Morgan fingerprint density at radius 2 is 1.70 bits per heavy atom. The van der Waals surface area contributed by atoms with Crippen LogP contribution >= 0.6 is 0 Å². The Labute approximate surface area is 120 Å². The van der Waals surface area contributed by atoms with E-state index in [4.69, 9.17) is 0 Å². The maximum absolute atomic E-state index is 12.0. The molecular weight excluding hydrogens is 248 g/mol. The molecule has 0 aliphatic carbocycles. The third kappa shape index (κ3) is 3.38. The molecule has 0 saturated heterocycles. The molecule has 1 atom stereocenters. The summed E-state index contributed by atoms with van der Waals surface area (Å²) in [6.07, 6.45) is 0. The first-order valence-corrected chi connectivity index (χ1v) is 6.76. The monoisotopic (exact) mass is 268 g/mol. The molecule has 0 heterocycles. The van der Waals surface area contributed by atoms with Crippen LogP contribution in [0.3, 0.4) is 0 Å². The van der Waals surface area contributed by atoms with Gasteiger partial charge >= 0.3 is 6.03 Å². The summed E-state index contributed by atoms with van der Waals surface area (Å²) in [5.74, 6) is 0. The minimum absolute atomic E-state index is 0.0266. The van der Waals surface area contributed by atoms with Crippen molar-refractivity contribution < 1.29 is 4.79 Å². The lowest BCUT2D eigenvalue weighted by Gasteiger charge is -2.16. The lowest BCUT2D eigenvalue weighted by molar-refractivity contribution is 0.249. The summed E-state index contributed by atoms with van der Waals surface area (Å²) < 4.78 is 0. The van der Waals surface area contributed by atoms with Crippen LogP contribution in [-0.2, 0) is 0 Å². The Kier molecular flexibility index (Phi) is 4.41. The first-order chi connectivity index (χ1) is 9.58. The largest absolute Gasteiger partial charge is 0.331 e. The Morgan fingerprint density at radius 1 is 1.00 bits per heavy atom. The van der Waals surface area contributed by atoms with Crippen molar-refractivity contribution in [3.63, 3.8) is 0 Å². The molecule has 104 valence electrons. The minimum Gasteiger partial charge on any atom is -0.331 e. The average molecular weight is 268 g/mol. The van der Waals surface area contributed by atoms with Crippen molar-refractivity contribution in [2.24, 2.45) is 0 Å². The summed E-state index contributed by atoms with van der Waals surface area (Å²) >= 11 is 0. The van der Waals surface area contributed by atoms with Gasteiger partial charge in [0.15, 0.2) is 0 Å². The molecule has 0 aromatic heterocycles. The highest BCUT2D eigenvalue weighted by molar-refractivity contribution is 5.90. The number of rotatable bonds is 3. The van der Waals surface area contributed by atoms with Gasteiger partial charge in [0.25, 0.3) is 0 Å². The second-order valence-corrected chi connectivity index (χ2v) is 4.98. The number of aryl methyl sites for hydroxylation is 1. The van der Waals surface area contributed by atoms with Crippen molar-refractivity contribution >= 4 is 11.7 Å². The van der Waals surface area contributed by atoms with E-state index in [1.54, 1.807) is 0 Å². The van der Waals surface area contributed by atoms with Crippen LogP contribution in [0.2, 0.25) is 0 Å². The van der Waals surface area contributed by atoms with Gasteiger partial charge in [-0.1, -0.05) is 42.5 Å². The van der Waals surface area contributed by atoms with E-state index in [2.05, 4.69) is 10.6 Å². The molecule has 2 amide bonds. The van der Waals surface area contributed by atoms with Crippen molar-refractivity contribution in [1.82, 2.24) is 5.32 Å². The molecule has 0 spiro atoms. The first kappa shape index (κ1) is 14.1. The molecule has 0 radical (unpaired) electrons. The molecule has 0 aliphatic heterocycles. The molecule has 0 saturated carbocycles. The Morgan fingerprint density at radius 3 is 2.40 bits per heavy atom. The molecule has 2 rings (SSSR count). The van der Waals surface area contributed by atoms with Crippen LogP contribution < -0.4 is 10.6 Å². The summed E-state index contributed by atoms with van der Waals surface area (Å²) in [4.78, 5) is 12.0. The molecule has 0 aliphatic rings. The third-order valence-corrected chi connectivity index (χ3v) is 3.50. The Bertz CT molecular complexity index is 593. The molecule has 20 heavy (non-hydrogen) atoms. The van der Waals surface area contributed by atoms with Gasteiger partial charge in [-0.15, -0.1) is 0 Å². The zero-order valence-electron chi connectivity index (χ0n) is 12.1. The Balaban J connectivity index is 2.01. The van der Waals surface area contributed by atoms with Gasteiger partial charge < -0.3 is 10.6 Å². The number of hydrogen-bond acceptors (Lipinski definition) is 1. The van der Waals surface area contributed by atoms with Crippen molar-refractivity contribution in [3.8, 4) is 0 Å². The second kappa shape index (κ2) is 6.24. The van der Waals surface area contributed by atoms with E-state index in [-0.39, 0.29) is 12.1 Å². The van der Waals surface area contributed by atoms with Crippen LogP contribution in [-0.4, -0.2) is 6.03 Å². The predicted octanol–water partition coefficient (Wildman–Crippen LogP) is 4.19. The predicted molar refractivity (Wildman–Crippen MR) is 82.9 cm³/mol. The van der Waals surface area contributed by atoms with Gasteiger partial charge in [0.05, 0.1) is 6.04 Å². The molecule has 2 aromatic carbocycles. The maximum Gasteiger partial charge on any atom is 0.319 e. The molecule has 1 unspecified atom stereocenters. The topological polar surface area (TPSA) is 41.1 Å². The van der Waals surface area contributed by atoms with Gasteiger partial charge in [0.2, 0.25) is 0 Å². The summed E-state index contributed by atoms with van der Waals surface area (Å²) in [6.45, 7) is 6.01. The van der Waals surface area contributed by atoms with Crippen LogP contribution in [0, 0.1) is 13.8 Å². The smallest absolute Gasteiger partial charge is 0.319 e. The van der Waals surface area contributed by atoms with Crippen molar-refractivity contribution in [1.29, 1.82) is 0 Å². The van der Waals surface area contributed by atoms with Crippen LogP contribution in [0.25, 0.3) is 0 Å². The number of urea groups is 1. The second-order valence-electron chi connectivity index (χ2n) is 4.98. The summed E-state index contributed by atoms with van der Waals surface area (Å²) in [6, 6.07) is 15.6. The molecule has 2 N–H and O–H groups in total. The number of carbonyl (C=O) groups excluding carboxylic acids is 1. The van der Waals surface area contributed by atoms with Crippen molar-refractivity contribution in [2.75, 3.05) is 5.32 Å². The lowest BCUT2D eigenvalue weighted by Crippen LogP contribution is -2.31. The van der Waals surface area contributed by atoms with E-state index >= 15 is 0 Å². The summed E-state index contributed by atoms with van der Waals surface area (Å²) in [5, 5.41) is 5.84. The average Bonchev–Trinajstić information content (AvgIpc) is 2.45. The van der Waals surface area contributed by atoms with Crippen molar-refractivity contribution in [3.05, 3.63) is 65.2 Å². The van der Waals surface area contributed by atoms with E-state index in [9.17, 15) is 4.79 Å². The number of benzene rings is 2. The van der Waals surface area contributed by atoms with E-state index in [0.29, 0.717) is 0 Å². The van der Waals surface area contributed by atoms with Crippen LogP contribution in [0.5, 0.6) is 0 Å². The fourth-order valence-electron chi connectivity index (χ4n) is 2.07. The van der Waals surface area contributed by atoms with Gasteiger partial charge in [-0.2, -0.15) is 0 Å². The molecular formula is C17H20N2O. The highest BCUT2D eigenvalue weighted by Crippen LogP contribution is 2.18. The zero-order chi connectivity index (χ0) is 14.5. The quantitative estimate of drug-likeness (QED) is 0.861. The molecule has 3 heteroatoms. The van der Waals surface area contributed by atoms with Crippen molar-refractivity contribution in [2.45, 2.75) is 26.8 Å². The van der Waals surface area contributed by atoms with Crippen LogP contribution in [0.4, 0.5) is 10.5 Å². The number of anilines is 1. The van der Waals surface area contributed by atoms with Crippen LogP contribution in [0.15, 0.2) is 48.5 Å². The van der Waals surface area contributed by atoms with Gasteiger partial charge in [-0.05, 0) is 43.5 Å². The SMILES string of the molecule is Cc1cccc(NC(=O)NC(C)c2ccccc2)c1C. The summed E-state index contributed by atoms with van der Waals surface area (Å²) in [5.41, 5.74) is 4.19. The molecule has 2 aromatic rings. The lowest BCUT2D eigenvalue weighted by atomic mass is 10.1.